The summed E-state index contributed by atoms with van der Waals surface area (Å²) in [6, 6.07) is 19.5. The van der Waals surface area contributed by atoms with Crippen LogP contribution >= 0.6 is 11.6 Å². The van der Waals surface area contributed by atoms with Crippen LogP contribution in [0.25, 0.3) is 23.1 Å². The smallest absolute Gasteiger partial charge is 0.339 e. The molecule has 3 aromatic carbocycles. The standard InChI is InChI=1S/C31H27ClFNO5/c1-37-23-10-11-28(24(16-23)30(35)36)39-18-29(38-2)31(12-13-31)21-5-3-4-19(14-21)6-8-22-9-7-20-15-26(33)25(32)17-27(20)34-22/h3-11,14-17,29H,12-13,18H2,1-2H3,(H,35,36)/b8-6+/t29-/m0/s1. The van der Waals surface area contributed by atoms with Gasteiger partial charge in [-0.2, -0.15) is 0 Å². The number of rotatable bonds is 10. The highest BCUT2D eigenvalue weighted by atomic mass is 35.5. The van der Waals surface area contributed by atoms with Gasteiger partial charge in [-0.1, -0.05) is 48.0 Å². The first kappa shape index (κ1) is 26.7. The van der Waals surface area contributed by atoms with Crippen LogP contribution < -0.4 is 9.47 Å². The van der Waals surface area contributed by atoms with Crippen molar-refractivity contribution in [2.24, 2.45) is 0 Å². The Balaban J connectivity index is 1.34. The molecule has 1 aliphatic rings. The lowest BCUT2D eigenvalue weighted by molar-refractivity contribution is 0.0292. The predicted octanol–water partition coefficient (Wildman–Crippen LogP) is 7.03. The van der Waals surface area contributed by atoms with Crippen LogP contribution in [-0.2, 0) is 10.2 Å². The Morgan fingerprint density at radius 3 is 2.64 bits per heavy atom. The monoisotopic (exact) mass is 547 g/mol. The highest BCUT2D eigenvalue weighted by molar-refractivity contribution is 6.31. The zero-order valence-electron chi connectivity index (χ0n) is 21.5. The van der Waals surface area contributed by atoms with E-state index in [0.29, 0.717) is 16.7 Å². The van der Waals surface area contributed by atoms with Gasteiger partial charge >= 0.3 is 5.97 Å². The number of carbonyl (C=O) groups is 1. The maximum Gasteiger partial charge on any atom is 0.339 e. The Morgan fingerprint density at radius 2 is 1.92 bits per heavy atom. The first-order valence-electron chi connectivity index (χ1n) is 12.4. The average molecular weight is 548 g/mol. The van der Waals surface area contributed by atoms with Gasteiger partial charge in [-0.3, -0.25) is 0 Å². The van der Waals surface area contributed by atoms with Crippen molar-refractivity contribution in [3.63, 3.8) is 0 Å². The first-order valence-corrected chi connectivity index (χ1v) is 12.8. The number of carboxylic acids is 1. The summed E-state index contributed by atoms with van der Waals surface area (Å²) < 4.78 is 30.7. The van der Waals surface area contributed by atoms with E-state index in [9.17, 15) is 14.3 Å². The number of ether oxygens (including phenoxy) is 3. The number of hydrogen-bond donors (Lipinski definition) is 1. The summed E-state index contributed by atoms with van der Waals surface area (Å²) in [5.74, 6) is -0.839. The molecule has 39 heavy (non-hydrogen) atoms. The van der Waals surface area contributed by atoms with E-state index in [1.54, 1.807) is 19.2 Å². The molecule has 0 bridgehead atoms. The van der Waals surface area contributed by atoms with Gasteiger partial charge in [0.1, 0.15) is 35.6 Å². The number of nitrogens with zero attached hydrogens (tertiary/aromatic N) is 1. The highest BCUT2D eigenvalue weighted by Crippen LogP contribution is 2.52. The minimum atomic E-state index is -1.09. The fraction of sp³-hybridized carbons (Fsp3) is 0.226. The summed E-state index contributed by atoms with van der Waals surface area (Å²) in [5, 5.41) is 10.3. The summed E-state index contributed by atoms with van der Waals surface area (Å²) in [6.45, 7) is 0.202. The van der Waals surface area contributed by atoms with Gasteiger partial charge in [0.2, 0.25) is 0 Å². The van der Waals surface area contributed by atoms with Crippen LogP contribution in [0, 0.1) is 5.82 Å². The Morgan fingerprint density at radius 1 is 1.10 bits per heavy atom. The number of benzene rings is 3. The Labute approximate surface area is 230 Å². The van der Waals surface area contributed by atoms with E-state index < -0.39 is 11.8 Å². The molecule has 0 unspecified atom stereocenters. The molecular formula is C31H27ClFNO5. The third-order valence-corrected chi connectivity index (χ3v) is 7.45. The molecule has 1 N–H and O–H groups in total. The third kappa shape index (κ3) is 5.60. The number of aromatic carboxylic acids is 1. The lowest BCUT2D eigenvalue weighted by Crippen LogP contribution is -2.34. The third-order valence-electron chi connectivity index (χ3n) is 7.16. The summed E-state index contributed by atoms with van der Waals surface area (Å²) in [5.41, 5.74) is 3.29. The highest BCUT2D eigenvalue weighted by Gasteiger charge is 2.51. The largest absolute Gasteiger partial charge is 0.497 e. The molecule has 200 valence electrons. The van der Waals surface area contributed by atoms with Gasteiger partial charge in [0.05, 0.1) is 23.3 Å². The molecule has 1 aliphatic carbocycles. The van der Waals surface area contributed by atoms with E-state index in [4.69, 9.17) is 25.8 Å². The molecule has 4 aromatic rings. The molecule has 0 saturated heterocycles. The molecule has 0 aliphatic heterocycles. The maximum atomic E-state index is 13.7. The second-order valence-electron chi connectivity index (χ2n) is 9.51. The molecule has 1 heterocycles. The van der Waals surface area contributed by atoms with Crippen LogP contribution in [0.15, 0.2) is 66.7 Å². The van der Waals surface area contributed by atoms with E-state index in [1.807, 2.05) is 36.4 Å². The maximum absolute atomic E-state index is 13.7. The van der Waals surface area contributed by atoms with Crippen molar-refractivity contribution in [3.8, 4) is 11.5 Å². The fourth-order valence-electron chi connectivity index (χ4n) is 4.84. The van der Waals surface area contributed by atoms with Crippen LogP contribution in [-0.4, -0.2) is 43.0 Å². The SMILES string of the molecule is COc1ccc(OC[C@H](OC)C2(c3cccc(/C=C/c4ccc5cc(F)c(Cl)cc5n4)c3)CC2)c(C(=O)O)c1. The zero-order valence-corrected chi connectivity index (χ0v) is 22.2. The molecule has 1 saturated carbocycles. The molecule has 0 spiro atoms. The number of carboxylic acid groups (broad SMARTS) is 1. The van der Waals surface area contributed by atoms with Gasteiger partial charge in [-0.05, 0) is 66.4 Å². The van der Waals surface area contributed by atoms with Gasteiger partial charge in [0.15, 0.2) is 0 Å². The number of pyridine rings is 1. The topological polar surface area (TPSA) is 77.9 Å². The Kier molecular flexibility index (Phi) is 7.55. The first-order chi connectivity index (χ1) is 18.8. The quantitative estimate of drug-likeness (QED) is 0.230. The van der Waals surface area contributed by atoms with Crippen LogP contribution in [0.2, 0.25) is 5.02 Å². The number of aromatic nitrogens is 1. The number of halogens is 2. The summed E-state index contributed by atoms with van der Waals surface area (Å²) in [7, 11) is 3.13. The Hall–Kier alpha value is -3.94. The molecule has 0 amide bonds. The molecule has 1 fully saturated rings. The van der Waals surface area contributed by atoms with Gasteiger partial charge in [-0.15, -0.1) is 0 Å². The van der Waals surface area contributed by atoms with Gasteiger partial charge in [-0.25, -0.2) is 14.2 Å². The minimum absolute atomic E-state index is 0.0379. The van der Waals surface area contributed by atoms with Crippen molar-refractivity contribution >= 4 is 40.6 Å². The van der Waals surface area contributed by atoms with Crippen molar-refractivity contribution in [2.75, 3.05) is 20.8 Å². The van der Waals surface area contributed by atoms with Gasteiger partial charge in [0, 0.05) is 17.9 Å². The van der Waals surface area contributed by atoms with Crippen molar-refractivity contribution < 1.29 is 28.5 Å². The summed E-state index contributed by atoms with van der Waals surface area (Å²) >= 11 is 5.92. The van der Waals surface area contributed by atoms with Crippen LogP contribution in [0.4, 0.5) is 4.39 Å². The van der Waals surface area contributed by atoms with E-state index in [2.05, 4.69) is 17.1 Å². The van der Waals surface area contributed by atoms with E-state index >= 15 is 0 Å². The van der Waals surface area contributed by atoms with E-state index in [0.717, 1.165) is 29.7 Å². The number of methoxy groups -OCH3 is 2. The van der Waals surface area contributed by atoms with E-state index in [-0.39, 0.29) is 34.5 Å². The van der Waals surface area contributed by atoms with Gasteiger partial charge in [0.25, 0.3) is 0 Å². The second-order valence-corrected chi connectivity index (χ2v) is 9.92. The number of hydrogen-bond acceptors (Lipinski definition) is 5. The van der Waals surface area contributed by atoms with Gasteiger partial charge < -0.3 is 19.3 Å². The molecule has 1 atom stereocenters. The zero-order chi connectivity index (χ0) is 27.6. The molecule has 0 radical (unpaired) electrons. The normalized spacial score (nSPS) is 14.9. The van der Waals surface area contributed by atoms with Crippen molar-refractivity contribution in [1.82, 2.24) is 4.98 Å². The lowest BCUT2D eigenvalue weighted by Gasteiger charge is -2.27. The van der Waals surface area contributed by atoms with Crippen LogP contribution in [0.5, 0.6) is 11.5 Å². The minimum Gasteiger partial charge on any atom is -0.497 e. The predicted molar refractivity (Wildman–Crippen MR) is 149 cm³/mol. The Bertz CT molecular complexity index is 1570. The van der Waals surface area contributed by atoms with Crippen LogP contribution in [0.3, 0.4) is 0 Å². The molecule has 5 rings (SSSR count). The average Bonchev–Trinajstić information content (AvgIpc) is 3.75. The van der Waals surface area contributed by atoms with Crippen molar-refractivity contribution in [1.29, 1.82) is 0 Å². The number of fused-ring (bicyclic) bond motifs is 1. The molecule has 6 nitrogen and oxygen atoms in total. The molecule has 1 aromatic heterocycles. The lowest BCUT2D eigenvalue weighted by atomic mass is 9.89. The van der Waals surface area contributed by atoms with E-state index in [1.165, 1.54) is 25.3 Å². The van der Waals surface area contributed by atoms with Crippen molar-refractivity contribution in [2.45, 2.75) is 24.4 Å². The van der Waals surface area contributed by atoms with Crippen molar-refractivity contribution in [3.05, 3.63) is 100.0 Å². The molecular weight excluding hydrogens is 521 g/mol. The van der Waals surface area contributed by atoms with Crippen LogP contribution in [0.1, 0.15) is 40.0 Å². The summed E-state index contributed by atoms with van der Waals surface area (Å²) in [6.07, 6.45) is 5.48. The fourth-order valence-corrected chi connectivity index (χ4v) is 5.00. The molecule has 8 heteroatoms. The summed E-state index contributed by atoms with van der Waals surface area (Å²) in [4.78, 5) is 16.3. The second kappa shape index (κ2) is 11.0.